The third kappa shape index (κ3) is 6.32. The lowest BCUT2D eigenvalue weighted by Gasteiger charge is -2.15. The number of anilines is 1. The van der Waals surface area contributed by atoms with Crippen LogP contribution in [0, 0.1) is 0 Å². The van der Waals surface area contributed by atoms with Gasteiger partial charge in [0.1, 0.15) is 11.4 Å². The fourth-order valence-corrected chi connectivity index (χ4v) is 4.94. The minimum absolute atomic E-state index is 0.306. The van der Waals surface area contributed by atoms with Gasteiger partial charge < -0.3 is 14.6 Å². The molecule has 0 spiro atoms. The van der Waals surface area contributed by atoms with Crippen molar-refractivity contribution in [2.45, 2.75) is 19.2 Å². The van der Waals surface area contributed by atoms with Crippen LogP contribution in [0.1, 0.15) is 16.7 Å². The molecule has 2 N–H and O–H groups in total. The number of hydrogen-bond donors (Lipinski definition) is 2. The number of rotatable bonds is 6. The third-order valence-corrected chi connectivity index (χ3v) is 6.88. The van der Waals surface area contributed by atoms with E-state index in [2.05, 4.69) is 24.3 Å². The van der Waals surface area contributed by atoms with E-state index in [1.807, 2.05) is 18.2 Å². The molecule has 200 valence electrons. The second-order valence-electron chi connectivity index (χ2n) is 8.31. The summed E-state index contributed by atoms with van der Waals surface area (Å²) in [4.78, 5) is 12.1. The molecule has 3 aromatic carbocycles. The molecule has 1 aromatic heterocycles. The normalized spacial score (nSPS) is 12.6. The maximum absolute atomic E-state index is 12.4. The molecule has 0 aliphatic heterocycles. The number of fused-ring (bicyclic) bond motifs is 3. The van der Waals surface area contributed by atoms with Crippen LogP contribution in [0.2, 0.25) is 10.0 Å². The standard InChI is InChI=1S/C26H17Cl2F3N4O3S/c27-20-2-1-3-21(28)23(20)33-25(36)35-39-32-13-14-4-10-18-16(12-14)7-11-19-22(18)34-38-24(19)15-5-8-17(9-6-15)37-26(29,30)31/h1-6,8-10,12-13H,7,11H2,(H2,33,35,36)/b32-13+. The maximum Gasteiger partial charge on any atom is 0.573 e. The van der Waals surface area contributed by atoms with Gasteiger partial charge in [-0.2, -0.15) is 0 Å². The van der Waals surface area contributed by atoms with Gasteiger partial charge in [0.2, 0.25) is 0 Å². The highest BCUT2D eigenvalue weighted by Crippen LogP contribution is 2.39. The Hall–Kier alpha value is -3.67. The molecule has 0 unspecified atom stereocenters. The van der Waals surface area contributed by atoms with Crippen LogP contribution in [0.25, 0.3) is 22.6 Å². The Kier molecular flexibility index (Phi) is 7.74. The molecule has 0 atom stereocenters. The number of alkyl halides is 3. The summed E-state index contributed by atoms with van der Waals surface area (Å²) in [5.74, 6) is 0.205. The van der Waals surface area contributed by atoms with Crippen LogP contribution in [0.4, 0.5) is 23.7 Å². The van der Waals surface area contributed by atoms with E-state index in [1.165, 1.54) is 24.3 Å². The molecule has 2 amide bonds. The number of carbonyl (C=O) groups excluding carboxylic acids is 1. The number of nitrogens with zero attached hydrogens (tertiary/aromatic N) is 2. The van der Waals surface area contributed by atoms with Crippen molar-refractivity contribution in [3.8, 4) is 28.3 Å². The van der Waals surface area contributed by atoms with Crippen LogP contribution in [-0.4, -0.2) is 23.8 Å². The predicted octanol–water partition coefficient (Wildman–Crippen LogP) is 8.12. The van der Waals surface area contributed by atoms with E-state index < -0.39 is 12.4 Å². The quantitative estimate of drug-likeness (QED) is 0.174. The zero-order chi connectivity index (χ0) is 27.6. The molecule has 7 nitrogen and oxygen atoms in total. The van der Waals surface area contributed by atoms with Gasteiger partial charge in [-0.25, -0.2) is 9.19 Å². The Morgan fingerprint density at radius 3 is 2.54 bits per heavy atom. The number of aryl methyl sites for hydroxylation is 1. The molecule has 0 bridgehead atoms. The maximum atomic E-state index is 12.4. The van der Waals surface area contributed by atoms with Crippen molar-refractivity contribution in [2.75, 3.05) is 5.32 Å². The smallest absolute Gasteiger partial charge is 0.406 e. The first kappa shape index (κ1) is 26.9. The zero-order valence-electron chi connectivity index (χ0n) is 19.7. The van der Waals surface area contributed by atoms with Gasteiger partial charge >= 0.3 is 12.4 Å². The van der Waals surface area contributed by atoms with E-state index in [1.54, 1.807) is 24.4 Å². The number of ether oxygens (including phenoxy) is 1. The molecule has 13 heteroatoms. The molecule has 1 aliphatic carbocycles. The van der Waals surface area contributed by atoms with E-state index in [0.29, 0.717) is 45.6 Å². The Morgan fingerprint density at radius 2 is 1.82 bits per heavy atom. The van der Waals surface area contributed by atoms with Crippen molar-refractivity contribution in [3.63, 3.8) is 0 Å². The van der Waals surface area contributed by atoms with Crippen molar-refractivity contribution in [3.05, 3.63) is 87.4 Å². The number of hydrogen-bond acceptors (Lipinski definition) is 6. The Morgan fingerprint density at radius 1 is 1.08 bits per heavy atom. The largest absolute Gasteiger partial charge is 0.573 e. The van der Waals surface area contributed by atoms with Crippen LogP contribution in [0.3, 0.4) is 0 Å². The van der Waals surface area contributed by atoms with Gasteiger partial charge in [-0.15, -0.1) is 13.2 Å². The van der Waals surface area contributed by atoms with Crippen LogP contribution >= 0.6 is 35.3 Å². The highest BCUT2D eigenvalue weighted by atomic mass is 35.5. The topological polar surface area (TPSA) is 88.8 Å². The monoisotopic (exact) mass is 592 g/mol. The fraction of sp³-hybridized carbons (Fsp3) is 0.115. The summed E-state index contributed by atoms with van der Waals surface area (Å²) in [6.07, 6.45) is -1.79. The number of aromatic nitrogens is 1. The Labute approximate surface area is 234 Å². The molecule has 0 saturated heterocycles. The first-order valence-electron chi connectivity index (χ1n) is 11.4. The molecule has 0 fully saturated rings. The van der Waals surface area contributed by atoms with Gasteiger partial charge in [0.15, 0.2) is 5.76 Å². The van der Waals surface area contributed by atoms with Crippen molar-refractivity contribution in [1.29, 1.82) is 0 Å². The molecular formula is C26H17Cl2F3N4O3S. The number of carbonyl (C=O) groups is 1. The SMILES string of the molecule is O=C(NS/N=C/c1ccc2c(c1)CCc1c-2noc1-c1ccc(OC(F)(F)F)cc1)Nc1c(Cl)cccc1Cl. The van der Waals surface area contributed by atoms with Crippen LogP contribution in [-0.2, 0) is 12.8 Å². The first-order valence-corrected chi connectivity index (χ1v) is 12.9. The summed E-state index contributed by atoms with van der Waals surface area (Å²) in [6.45, 7) is 0. The number of nitrogens with one attached hydrogen (secondary N) is 2. The number of para-hydroxylation sites is 1. The van der Waals surface area contributed by atoms with Crippen molar-refractivity contribution >= 4 is 53.3 Å². The van der Waals surface area contributed by atoms with E-state index in [0.717, 1.165) is 34.4 Å². The summed E-state index contributed by atoms with van der Waals surface area (Å²) < 4.78 is 53.5. The third-order valence-electron chi connectivity index (χ3n) is 5.76. The summed E-state index contributed by atoms with van der Waals surface area (Å²) in [5.41, 5.74) is 5.27. The van der Waals surface area contributed by atoms with Crippen LogP contribution in [0.15, 0.2) is 69.6 Å². The molecule has 0 radical (unpaired) electrons. The first-order chi connectivity index (χ1) is 18.7. The minimum Gasteiger partial charge on any atom is -0.406 e. The number of urea groups is 1. The molecule has 4 aromatic rings. The molecular weight excluding hydrogens is 576 g/mol. The molecule has 5 rings (SSSR count). The van der Waals surface area contributed by atoms with Gasteiger partial charge in [0.05, 0.1) is 27.9 Å². The van der Waals surface area contributed by atoms with Gasteiger partial charge in [0, 0.05) is 22.9 Å². The molecule has 1 aliphatic rings. The van der Waals surface area contributed by atoms with Gasteiger partial charge in [0.25, 0.3) is 0 Å². The predicted molar refractivity (Wildman–Crippen MR) is 145 cm³/mol. The summed E-state index contributed by atoms with van der Waals surface area (Å²) in [5, 5.41) is 7.44. The van der Waals surface area contributed by atoms with Gasteiger partial charge in [-0.3, -0.25) is 4.72 Å². The minimum atomic E-state index is -4.75. The van der Waals surface area contributed by atoms with Crippen molar-refractivity contribution in [1.82, 2.24) is 9.88 Å². The van der Waals surface area contributed by atoms with Gasteiger partial charge in [-0.1, -0.05) is 46.6 Å². The summed E-state index contributed by atoms with van der Waals surface area (Å²) >= 11 is 12.9. The lowest BCUT2D eigenvalue weighted by Crippen LogP contribution is -2.22. The highest BCUT2D eigenvalue weighted by Gasteiger charge is 2.31. The molecule has 39 heavy (non-hydrogen) atoms. The number of amides is 2. The van der Waals surface area contributed by atoms with Crippen LogP contribution < -0.4 is 14.8 Å². The highest BCUT2D eigenvalue weighted by molar-refractivity contribution is 7.96. The zero-order valence-corrected chi connectivity index (χ0v) is 22.0. The van der Waals surface area contributed by atoms with E-state index >= 15 is 0 Å². The van der Waals surface area contributed by atoms with Crippen molar-refractivity contribution in [2.24, 2.45) is 4.40 Å². The lowest BCUT2D eigenvalue weighted by molar-refractivity contribution is -0.274. The lowest BCUT2D eigenvalue weighted by atomic mass is 9.87. The second kappa shape index (κ2) is 11.2. The second-order valence-corrected chi connectivity index (χ2v) is 9.72. The summed E-state index contributed by atoms with van der Waals surface area (Å²) in [7, 11) is 0. The molecule has 0 saturated carbocycles. The number of halogens is 5. The Bertz CT molecular complexity index is 1540. The van der Waals surface area contributed by atoms with Crippen LogP contribution in [0.5, 0.6) is 5.75 Å². The number of benzene rings is 3. The van der Waals surface area contributed by atoms with E-state index in [9.17, 15) is 18.0 Å². The molecule has 1 heterocycles. The van der Waals surface area contributed by atoms with Gasteiger partial charge in [-0.05, 0) is 66.4 Å². The summed E-state index contributed by atoms with van der Waals surface area (Å²) in [6, 6.07) is 15.6. The average molecular weight is 593 g/mol. The van der Waals surface area contributed by atoms with E-state index in [-0.39, 0.29) is 5.75 Å². The average Bonchev–Trinajstić information content (AvgIpc) is 3.33. The van der Waals surface area contributed by atoms with E-state index in [4.69, 9.17) is 27.7 Å². The fourth-order valence-electron chi connectivity index (χ4n) is 4.09. The van der Waals surface area contributed by atoms with Crippen molar-refractivity contribution < 1.29 is 27.2 Å². The Balaban J connectivity index is 1.23.